The van der Waals surface area contributed by atoms with E-state index in [0.29, 0.717) is 17.4 Å². The number of piperidine rings is 1. The molecular weight excluding hydrogens is 288 g/mol. The molecule has 0 spiro atoms. The highest BCUT2D eigenvalue weighted by atomic mass is 35.5. The second-order valence-corrected chi connectivity index (χ2v) is 5.95. The van der Waals surface area contributed by atoms with Crippen LogP contribution in [0, 0.1) is 5.92 Å². The van der Waals surface area contributed by atoms with Gasteiger partial charge in [0, 0.05) is 17.5 Å². The summed E-state index contributed by atoms with van der Waals surface area (Å²) in [5.74, 6) is -0.0843. The lowest BCUT2D eigenvalue weighted by molar-refractivity contribution is -0.137. The fourth-order valence-electron chi connectivity index (χ4n) is 2.82. The van der Waals surface area contributed by atoms with Crippen LogP contribution in [-0.2, 0) is 9.53 Å². The van der Waals surface area contributed by atoms with Gasteiger partial charge in [0.05, 0.1) is 6.10 Å². The van der Waals surface area contributed by atoms with Crippen molar-refractivity contribution in [3.8, 4) is 0 Å². The predicted octanol–water partition coefficient (Wildman–Crippen LogP) is 2.66. The smallest absolute Gasteiger partial charge is 0.246 e. The molecule has 0 saturated carbocycles. The zero-order valence-corrected chi connectivity index (χ0v) is 13.1. The Morgan fingerprint density at radius 1 is 1.57 bits per heavy atom. The number of carbonyl (C=O) groups excluding carboxylic acids is 1. The van der Waals surface area contributed by atoms with Crippen LogP contribution in [0.2, 0.25) is 5.02 Å². The van der Waals surface area contributed by atoms with Gasteiger partial charge in [-0.25, -0.2) is 0 Å². The minimum atomic E-state index is -0.559. The molecule has 3 unspecified atom stereocenters. The van der Waals surface area contributed by atoms with Gasteiger partial charge in [0.15, 0.2) is 0 Å². The molecule has 21 heavy (non-hydrogen) atoms. The van der Waals surface area contributed by atoms with Crippen molar-refractivity contribution in [2.75, 3.05) is 13.1 Å². The lowest BCUT2D eigenvalue weighted by Crippen LogP contribution is -2.38. The summed E-state index contributed by atoms with van der Waals surface area (Å²) in [4.78, 5) is 11.5. The van der Waals surface area contributed by atoms with Crippen LogP contribution in [0.1, 0.15) is 37.9 Å². The van der Waals surface area contributed by atoms with E-state index in [1.165, 1.54) is 0 Å². The Balaban J connectivity index is 2.22. The summed E-state index contributed by atoms with van der Waals surface area (Å²) in [6.45, 7) is 3.82. The summed E-state index contributed by atoms with van der Waals surface area (Å²) in [6, 6.07) is 7.66. The van der Waals surface area contributed by atoms with Gasteiger partial charge >= 0.3 is 0 Å². The van der Waals surface area contributed by atoms with Crippen LogP contribution in [0.5, 0.6) is 0 Å². The van der Waals surface area contributed by atoms with Crippen LogP contribution in [0.25, 0.3) is 0 Å². The Kier molecular flexibility index (Phi) is 6.03. The van der Waals surface area contributed by atoms with E-state index in [1.807, 2.05) is 31.2 Å². The van der Waals surface area contributed by atoms with E-state index < -0.39 is 12.0 Å². The number of nitrogens with one attached hydrogen (secondary N) is 1. The van der Waals surface area contributed by atoms with Crippen LogP contribution < -0.4 is 11.1 Å². The Bertz CT molecular complexity index is 475. The van der Waals surface area contributed by atoms with Gasteiger partial charge in [-0.2, -0.15) is 0 Å². The fourth-order valence-corrected chi connectivity index (χ4v) is 3.02. The summed E-state index contributed by atoms with van der Waals surface area (Å²) in [7, 11) is 0. The van der Waals surface area contributed by atoms with Gasteiger partial charge in [0.25, 0.3) is 0 Å². The van der Waals surface area contributed by atoms with Gasteiger partial charge in [-0.3, -0.25) is 4.79 Å². The monoisotopic (exact) mass is 310 g/mol. The summed E-state index contributed by atoms with van der Waals surface area (Å²) in [5.41, 5.74) is 6.44. The van der Waals surface area contributed by atoms with Crippen LogP contribution in [0.4, 0.5) is 0 Å². The first-order valence-corrected chi connectivity index (χ1v) is 7.90. The van der Waals surface area contributed by atoms with Gasteiger partial charge < -0.3 is 15.8 Å². The zero-order chi connectivity index (χ0) is 15.2. The summed E-state index contributed by atoms with van der Waals surface area (Å²) < 4.78 is 6.07. The van der Waals surface area contributed by atoms with Gasteiger partial charge in [0.1, 0.15) is 6.10 Å². The number of hydrogen-bond donors (Lipinski definition) is 2. The molecule has 1 aromatic rings. The van der Waals surface area contributed by atoms with Gasteiger partial charge in [-0.15, -0.1) is 0 Å². The molecule has 0 bridgehead atoms. The maximum Gasteiger partial charge on any atom is 0.246 e. The molecule has 1 aliphatic heterocycles. The number of primary amides is 1. The highest BCUT2D eigenvalue weighted by molar-refractivity contribution is 6.30. The minimum Gasteiger partial charge on any atom is -0.367 e. The Morgan fingerprint density at radius 3 is 2.95 bits per heavy atom. The third-order valence-electron chi connectivity index (χ3n) is 3.94. The third-order valence-corrected chi connectivity index (χ3v) is 4.17. The van der Waals surface area contributed by atoms with E-state index in [-0.39, 0.29) is 6.10 Å². The molecule has 1 saturated heterocycles. The molecule has 5 heteroatoms. The lowest BCUT2D eigenvalue weighted by atomic mass is 9.89. The largest absolute Gasteiger partial charge is 0.367 e. The number of carbonyl (C=O) groups is 1. The van der Waals surface area contributed by atoms with Crippen molar-refractivity contribution in [1.29, 1.82) is 0 Å². The number of ether oxygens (including phenoxy) is 1. The van der Waals surface area contributed by atoms with Crippen molar-refractivity contribution in [2.24, 2.45) is 11.7 Å². The molecule has 1 aromatic carbocycles. The fraction of sp³-hybridized carbons (Fsp3) is 0.562. The first-order chi connectivity index (χ1) is 10.1. The molecule has 1 aliphatic rings. The number of nitrogens with two attached hydrogens (primary N) is 1. The molecule has 1 fully saturated rings. The Morgan fingerprint density at radius 2 is 2.38 bits per heavy atom. The lowest BCUT2D eigenvalue weighted by Gasteiger charge is -2.33. The highest BCUT2D eigenvalue weighted by Crippen LogP contribution is 2.33. The molecule has 0 radical (unpaired) electrons. The second-order valence-electron chi connectivity index (χ2n) is 5.52. The van der Waals surface area contributed by atoms with Crippen LogP contribution in [-0.4, -0.2) is 25.1 Å². The van der Waals surface area contributed by atoms with Gasteiger partial charge in [-0.1, -0.05) is 30.7 Å². The molecule has 0 aromatic heterocycles. The van der Waals surface area contributed by atoms with Crippen molar-refractivity contribution >= 4 is 17.5 Å². The van der Waals surface area contributed by atoms with Gasteiger partial charge in [-0.05, 0) is 43.5 Å². The topological polar surface area (TPSA) is 64.3 Å². The van der Waals surface area contributed by atoms with E-state index in [4.69, 9.17) is 22.1 Å². The highest BCUT2D eigenvalue weighted by Gasteiger charge is 2.29. The van der Waals surface area contributed by atoms with Crippen molar-refractivity contribution in [2.45, 2.75) is 38.4 Å². The Hall–Kier alpha value is -1.10. The number of hydrogen-bond acceptors (Lipinski definition) is 3. The summed E-state index contributed by atoms with van der Waals surface area (Å²) in [6.07, 6.45) is 2.04. The van der Waals surface area contributed by atoms with E-state index in [1.54, 1.807) is 0 Å². The maximum absolute atomic E-state index is 11.5. The quantitative estimate of drug-likeness (QED) is 0.849. The van der Waals surface area contributed by atoms with Crippen molar-refractivity contribution < 1.29 is 9.53 Å². The van der Waals surface area contributed by atoms with E-state index in [9.17, 15) is 4.79 Å². The van der Waals surface area contributed by atoms with E-state index >= 15 is 0 Å². The van der Waals surface area contributed by atoms with Crippen LogP contribution >= 0.6 is 11.6 Å². The average molecular weight is 311 g/mol. The molecule has 116 valence electrons. The minimum absolute atomic E-state index is 0.158. The van der Waals surface area contributed by atoms with Crippen molar-refractivity contribution in [3.63, 3.8) is 0 Å². The molecular formula is C16H23ClN2O2. The molecule has 2 rings (SSSR count). The van der Waals surface area contributed by atoms with Crippen molar-refractivity contribution in [1.82, 2.24) is 5.32 Å². The van der Waals surface area contributed by atoms with Crippen molar-refractivity contribution in [3.05, 3.63) is 34.9 Å². The molecule has 1 heterocycles. The first kappa shape index (κ1) is 16.3. The number of rotatable bonds is 6. The normalized spacial score (nSPS) is 21.7. The van der Waals surface area contributed by atoms with E-state index in [2.05, 4.69) is 5.32 Å². The second kappa shape index (κ2) is 7.78. The number of amides is 1. The number of benzene rings is 1. The Labute approximate surface area is 131 Å². The van der Waals surface area contributed by atoms with Gasteiger partial charge in [0.2, 0.25) is 5.91 Å². The molecule has 3 N–H and O–H groups in total. The predicted molar refractivity (Wildman–Crippen MR) is 84.1 cm³/mol. The molecule has 0 aliphatic carbocycles. The number of halogens is 1. The average Bonchev–Trinajstić information content (AvgIpc) is 2.49. The summed E-state index contributed by atoms with van der Waals surface area (Å²) in [5, 5.41) is 4.07. The van der Waals surface area contributed by atoms with E-state index in [0.717, 1.165) is 31.5 Å². The van der Waals surface area contributed by atoms with Crippen LogP contribution in [0.3, 0.4) is 0 Å². The first-order valence-electron chi connectivity index (χ1n) is 7.52. The third kappa shape index (κ3) is 4.43. The SMILES string of the molecule is CCC(OC(c1cccc(Cl)c1)C1CCCNC1)C(N)=O. The zero-order valence-electron chi connectivity index (χ0n) is 12.3. The molecule has 1 amide bonds. The maximum atomic E-state index is 11.5. The standard InChI is InChI=1S/C16H23ClN2O2/c1-2-14(16(18)20)21-15(12-6-4-8-19-10-12)11-5-3-7-13(17)9-11/h3,5,7,9,12,14-15,19H,2,4,6,8,10H2,1H3,(H2,18,20). The summed E-state index contributed by atoms with van der Waals surface area (Å²) >= 11 is 6.10. The molecule has 4 nitrogen and oxygen atoms in total. The van der Waals surface area contributed by atoms with Crippen LogP contribution in [0.15, 0.2) is 24.3 Å². The molecule has 3 atom stereocenters.